The van der Waals surface area contributed by atoms with Crippen molar-refractivity contribution in [1.82, 2.24) is 19.7 Å². The number of aromatic nitrogens is 4. The molecular weight excluding hydrogens is 382 g/mol. The van der Waals surface area contributed by atoms with E-state index in [4.69, 9.17) is 0 Å². The Morgan fingerprint density at radius 1 is 1.03 bits per heavy atom. The average molecular weight is 404 g/mol. The Hall–Kier alpha value is -3.45. The van der Waals surface area contributed by atoms with Crippen LogP contribution in [0.4, 0.5) is 11.6 Å². The number of hydrogen-bond donors (Lipinski definition) is 1. The van der Waals surface area contributed by atoms with Crippen molar-refractivity contribution in [2.75, 3.05) is 11.6 Å². The molecule has 29 heavy (non-hydrogen) atoms. The molecule has 7 heteroatoms. The molecule has 1 N–H and O–H groups in total. The fourth-order valence-corrected chi connectivity index (χ4v) is 3.73. The average Bonchev–Trinajstić information content (AvgIpc) is 3.10. The van der Waals surface area contributed by atoms with Crippen molar-refractivity contribution in [2.24, 2.45) is 0 Å². The maximum Gasteiger partial charge on any atom is 0.227 e. The van der Waals surface area contributed by atoms with Crippen LogP contribution in [-0.2, 0) is 9.52 Å². The molecule has 0 radical (unpaired) electrons. The van der Waals surface area contributed by atoms with Gasteiger partial charge in [-0.2, -0.15) is 5.10 Å². The van der Waals surface area contributed by atoms with Crippen LogP contribution in [0.2, 0.25) is 0 Å². The first-order chi connectivity index (χ1) is 13.9. The van der Waals surface area contributed by atoms with Crippen molar-refractivity contribution in [3.05, 3.63) is 78.8 Å². The summed E-state index contributed by atoms with van der Waals surface area (Å²) in [6, 6.07) is 19.1. The van der Waals surface area contributed by atoms with E-state index in [9.17, 15) is 4.21 Å². The van der Waals surface area contributed by atoms with E-state index in [1.807, 2.05) is 66.3 Å². The highest BCUT2D eigenvalue weighted by Crippen LogP contribution is 2.25. The van der Waals surface area contributed by atoms with E-state index < -0.39 is 9.52 Å². The van der Waals surface area contributed by atoms with E-state index in [-0.39, 0.29) is 0 Å². The molecule has 4 rings (SSSR count). The lowest BCUT2D eigenvalue weighted by Gasteiger charge is -2.08. The zero-order valence-corrected chi connectivity index (χ0v) is 17.1. The highest BCUT2D eigenvalue weighted by atomic mass is 32.2. The zero-order chi connectivity index (χ0) is 20.4. The SMILES string of the molecule is C=S(C)(=O)c1ccc(Nc2nccc(-c3cnn(-c4ccccc4)c3C)n2)cc1. The Balaban J connectivity index is 1.61. The molecule has 6 nitrogen and oxygen atoms in total. The van der Waals surface area contributed by atoms with Gasteiger partial charge in [-0.25, -0.2) is 14.6 Å². The van der Waals surface area contributed by atoms with Gasteiger partial charge in [0.2, 0.25) is 5.95 Å². The predicted octanol–water partition coefficient (Wildman–Crippen LogP) is 4.09. The third-order valence-electron chi connectivity index (χ3n) is 4.55. The van der Waals surface area contributed by atoms with Gasteiger partial charge in [-0.1, -0.05) is 18.2 Å². The van der Waals surface area contributed by atoms with Crippen molar-refractivity contribution in [1.29, 1.82) is 0 Å². The molecule has 2 heterocycles. The molecule has 0 bridgehead atoms. The van der Waals surface area contributed by atoms with Crippen LogP contribution < -0.4 is 5.32 Å². The second-order valence-electron chi connectivity index (χ2n) is 6.81. The second kappa shape index (κ2) is 7.52. The first kappa shape index (κ1) is 18.9. The van der Waals surface area contributed by atoms with Crippen LogP contribution in [-0.4, -0.2) is 36.1 Å². The van der Waals surface area contributed by atoms with Crippen molar-refractivity contribution >= 4 is 27.0 Å². The Bertz CT molecular complexity index is 1250. The summed E-state index contributed by atoms with van der Waals surface area (Å²) in [5.41, 5.74) is 4.54. The van der Waals surface area contributed by atoms with Crippen molar-refractivity contribution in [2.45, 2.75) is 11.8 Å². The van der Waals surface area contributed by atoms with Gasteiger partial charge in [-0.05, 0) is 64.8 Å². The van der Waals surface area contributed by atoms with Crippen LogP contribution in [0.25, 0.3) is 16.9 Å². The predicted molar refractivity (Wildman–Crippen MR) is 119 cm³/mol. The van der Waals surface area contributed by atoms with Gasteiger partial charge >= 0.3 is 0 Å². The molecule has 0 saturated carbocycles. The number of para-hydroxylation sites is 1. The Labute approximate surface area is 170 Å². The largest absolute Gasteiger partial charge is 0.324 e. The Morgan fingerprint density at radius 2 is 1.76 bits per heavy atom. The van der Waals surface area contributed by atoms with Crippen molar-refractivity contribution < 1.29 is 4.21 Å². The monoisotopic (exact) mass is 403 g/mol. The van der Waals surface area contributed by atoms with E-state index in [0.29, 0.717) is 10.8 Å². The molecule has 4 aromatic rings. The van der Waals surface area contributed by atoms with Crippen molar-refractivity contribution in [3.63, 3.8) is 0 Å². The van der Waals surface area contributed by atoms with Crippen LogP contribution in [0.5, 0.6) is 0 Å². The number of hydrogen-bond acceptors (Lipinski definition) is 5. The van der Waals surface area contributed by atoms with Crippen LogP contribution in [0, 0.1) is 6.92 Å². The molecule has 2 aromatic heterocycles. The molecule has 0 aliphatic carbocycles. The maximum atomic E-state index is 12.0. The lowest BCUT2D eigenvalue weighted by atomic mass is 10.2. The molecule has 0 amide bonds. The quantitative estimate of drug-likeness (QED) is 0.508. The third-order valence-corrected chi connectivity index (χ3v) is 5.82. The smallest absolute Gasteiger partial charge is 0.227 e. The first-order valence-corrected chi connectivity index (χ1v) is 11.2. The summed E-state index contributed by atoms with van der Waals surface area (Å²) in [6.45, 7) is 2.02. The first-order valence-electron chi connectivity index (χ1n) is 9.04. The summed E-state index contributed by atoms with van der Waals surface area (Å²) in [7, 11) is -2.23. The maximum absolute atomic E-state index is 12.0. The minimum absolute atomic E-state index is 0.481. The van der Waals surface area contributed by atoms with Crippen LogP contribution in [0.1, 0.15) is 5.69 Å². The fourth-order valence-electron chi connectivity index (χ4n) is 3.01. The van der Waals surface area contributed by atoms with Gasteiger partial charge in [-0.3, -0.25) is 4.21 Å². The minimum Gasteiger partial charge on any atom is -0.324 e. The second-order valence-corrected chi connectivity index (χ2v) is 9.29. The minimum atomic E-state index is -2.23. The third kappa shape index (κ3) is 4.05. The normalized spacial score (nSPS) is 13.0. The van der Waals surface area contributed by atoms with Gasteiger partial charge < -0.3 is 5.32 Å². The molecule has 2 aromatic carbocycles. The highest BCUT2D eigenvalue weighted by Gasteiger charge is 2.12. The summed E-state index contributed by atoms with van der Waals surface area (Å²) in [4.78, 5) is 9.65. The highest BCUT2D eigenvalue weighted by molar-refractivity contribution is 7.99. The lowest BCUT2D eigenvalue weighted by Crippen LogP contribution is -2.00. The zero-order valence-electron chi connectivity index (χ0n) is 16.2. The standard InChI is InChI=1S/C22H21N5OS/c1-16-20(15-24-27(16)18-7-5-4-6-8-18)21-13-14-23-22(26-21)25-17-9-11-19(12-10-17)29(2,3)28/h4-15H,2H2,1,3H3,(H,23,25,26). The fraction of sp³-hybridized carbons (Fsp3) is 0.0909. The molecule has 0 aliphatic heterocycles. The van der Waals surface area contributed by atoms with Crippen LogP contribution >= 0.6 is 0 Å². The lowest BCUT2D eigenvalue weighted by molar-refractivity contribution is 0.685. The number of nitrogens with one attached hydrogen (secondary N) is 1. The summed E-state index contributed by atoms with van der Waals surface area (Å²) in [5.74, 6) is 4.19. The number of rotatable bonds is 5. The molecule has 1 unspecified atom stereocenters. The summed E-state index contributed by atoms with van der Waals surface area (Å²) >= 11 is 0. The van der Waals surface area contributed by atoms with Gasteiger partial charge in [0.1, 0.15) is 0 Å². The summed E-state index contributed by atoms with van der Waals surface area (Å²) < 4.78 is 13.9. The van der Waals surface area contributed by atoms with E-state index in [1.165, 1.54) is 0 Å². The molecule has 0 spiro atoms. The van der Waals surface area contributed by atoms with E-state index >= 15 is 0 Å². The van der Waals surface area contributed by atoms with Crippen molar-refractivity contribution in [3.8, 4) is 16.9 Å². The van der Waals surface area contributed by atoms with Gasteiger partial charge in [0, 0.05) is 28.6 Å². The molecule has 0 saturated heterocycles. The van der Waals surface area contributed by atoms with Gasteiger partial charge in [-0.15, -0.1) is 0 Å². The Morgan fingerprint density at radius 3 is 2.45 bits per heavy atom. The van der Waals surface area contributed by atoms with Gasteiger partial charge in [0.15, 0.2) is 0 Å². The molecule has 1 atom stereocenters. The van der Waals surface area contributed by atoms with Gasteiger partial charge in [0.05, 0.1) is 23.3 Å². The number of benzene rings is 2. The van der Waals surface area contributed by atoms with E-state index in [0.717, 1.165) is 28.3 Å². The summed E-state index contributed by atoms with van der Waals surface area (Å²) in [6.07, 6.45) is 5.16. The number of nitrogens with zero attached hydrogens (tertiary/aromatic N) is 4. The van der Waals surface area contributed by atoms with E-state index in [2.05, 4.69) is 26.3 Å². The van der Waals surface area contributed by atoms with Crippen LogP contribution in [0.3, 0.4) is 0 Å². The van der Waals surface area contributed by atoms with Crippen LogP contribution in [0.15, 0.2) is 78.0 Å². The Kier molecular flexibility index (Phi) is 4.90. The molecular formula is C22H21N5OS. The summed E-state index contributed by atoms with van der Waals surface area (Å²) in [5, 5.41) is 7.70. The molecule has 0 fully saturated rings. The van der Waals surface area contributed by atoms with E-state index in [1.54, 1.807) is 24.6 Å². The van der Waals surface area contributed by atoms with Gasteiger partial charge in [0.25, 0.3) is 0 Å². The number of anilines is 2. The molecule has 0 aliphatic rings. The topological polar surface area (TPSA) is 72.7 Å². The molecule has 146 valence electrons.